The van der Waals surface area contributed by atoms with E-state index in [-0.39, 0.29) is 17.9 Å². The van der Waals surface area contributed by atoms with Crippen molar-refractivity contribution in [1.82, 2.24) is 0 Å². The Balaban J connectivity index is 1.45. The van der Waals surface area contributed by atoms with Gasteiger partial charge >= 0.3 is 5.97 Å². The van der Waals surface area contributed by atoms with Gasteiger partial charge in [0, 0.05) is 11.1 Å². The van der Waals surface area contributed by atoms with Gasteiger partial charge in [-0.3, -0.25) is 9.79 Å². The van der Waals surface area contributed by atoms with Crippen molar-refractivity contribution in [1.29, 1.82) is 0 Å². The number of nitrogens with zero attached hydrogens (tertiary/aromatic N) is 1. The highest BCUT2D eigenvalue weighted by molar-refractivity contribution is 6.13. The molecule has 0 aliphatic heterocycles. The van der Waals surface area contributed by atoms with Crippen LogP contribution < -0.4 is 0 Å². The fourth-order valence-corrected chi connectivity index (χ4v) is 3.83. The minimum atomic E-state index is -0.104. The summed E-state index contributed by atoms with van der Waals surface area (Å²) in [5.74, 6) is -0.173. The van der Waals surface area contributed by atoms with Crippen molar-refractivity contribution in [2.75, 3.05) is 0 Å². The summed E-state index contributed by atoms with van der Waals surface area (Å²) >= 11 is 0. The molecule has 29 heavy (non-hydrogen) atoms. The quantitative estimate of drug-likeness (QED) is 0.420. The van der Waals surface area contributed by atoms with Crippen LogP contribution in [0.1, 0.15) is 36.0 Å². The van der Waals surface area contributed by atoms with Gasteiger partial charge in [-0.25, -0.2) is 0 Å². The molecule has 3 nitrogen and oxygen atoms in total. The third-order valence-electron chi connectivity index (χ3n) is 5.37. The Hall–Kier alpha value is -3.20. The van der Waals surface area contributed by atoms with Crippen LogP contribution in [0.2, 0.25) is 0 Å². The number of rotatable bonds is 6. The van der Waals surface area contributed by atoms with E-state index in [2.05, 4.69) is 24.3 Å². The largest absolute Gasteiger partial charge is 0.461 e. The summed E-state index contributed by atoms with van der Waals surface area (Å²) in [6.45, 7) is 0.337. The van der Waals surface area contributed by atoms with Gasteiger partial charge in [0.1, 0.15) is 6.61 Å². The molecule has 3 aromatic rings. The minimum Gasteiger partial charge on any atom is -0.461 e. The lowest BCUT2D eigenvalue weighted by molar-refractivity contribution is -0.149. The lowest BCUT2D eigenvalue weighted by Gasteiger charge is -2.12. The normalized spacial score (nSPS) is 18.2. The summed E-state index contributed by atoms with van der Waals surface area (Å²) in [5, 5.41) is 0. The SMILES string of the molecule is O=C(OCc1ccccc1)C1CC[C@@H](N=C(c2ccccc2)c2ccccc2)C1. The molecule has 1 saturated carbocycles. The van der Waals surface area contributed by atoms with Crippen LogP contribution in [-0.4, -0.2) is 17.7 Å². The number of benzene rings is 3. The van der Waals surface area contributed by atoms with E-state index in [9.17, 15) is 4.79 Å². The molecule has 0 spiro atoms. The predicted molar refractivity (Wildman–Crippen MR) is 116 cm³/mol. The second-order valence-electron chi connectivity index (χ2n) is 7.47. The van der Waals surface area contributed by atoms with Gasteiger partial charge in [-0.2, -0.15) is 0 Å². The second kappa shape index (κ2) is 9.33. The topological polar surface area (TPSA) is 38.7 Å². The molecular weight excluding hydrogens is 358 g/mol. The van der Waals surface area contributed by atoms with Crippen molar-refractivity contribution in [3.8, 4) is 0 Å². The smallest absolute Gasteiger partial charge is 0.309 e. The van der Waals surface area contributed by atoms with Gasteiger partial charge in [-0.1, -0.05) is 91.0 Å². The zero-order chi connectivity index (χ0) is 19.9. The van der Waals surface area contributed by atoms with E-state index >= 15 is 0 Å². The summed E-state index contributed by atoms with van der Waals surface area (Å²) in [7, 11) is 0. The number of aliphatic imine (C=N–C) groups is 1. The maximum Gasteiger partial charge on any atom is 0.309 e. The van der Waals surface area contributed by atoms with Gasteiger partial charge in [-0.05, 0) is 24.8 Å². The first-order chi connectivity index (χ1) is 14.3. The molecule has 2 atom stereocenters. The fourth-order valence-electron chi connectivity index (χ4n) is 3.83. The molecule has 0 aromatic heterocycles. The molecule has 3 aromatic carbocycles. The summed E-state index contributed by atoms with van der Waals surface area (Å²) in [5.41, 5.74) is 4.22. The Morgan fingerprint density at radius 3 is 1.93 bits per heavy atom. The third kappa shape index (κ3) is 5.00. The zero-order valence-corrected chi connectivity index (χ0v) is 16.4. The van der Waals surface area contributed by atoms with E-state index < -0.39 is 0 Å². The molecule has 1 aliphatic rings. The van der Waals surface area contributed by atoms with Crippen LogP contribution in [0.4, 0.5) is 0 Å². The van der Waals surface area contributed by atoms with Crippen LogP contribution in [0.5, 0.6) is 0 Å². The summed E-state index contributed by atoms with van der Waals surface area (Å²) < 4.78 is 5.55. The number of carbonyl (C=O) groups excluding carboxylic acids is 1. The van der Waals surface area contributed by atoms with Crippen LogP contribution in [0.25, 0.3) is 0 Å². The molecule has 3 heteroatoms. The maximum atomic E-state index is 12.5. The molecule has 0 heterocycles. The summed E-state index contributed by atoms with van der Waals surface area (Å²) in [6, 6.07) is 30.5. The molecule has 1 aliphatic carbocycles. The van der Waals surface area contributed by atoms with Gasteiger partial charge in [-0.15, -0.1) is 0 Å². The van der Waals surface area contributed by atoms with Gasteiger partial charge in [0.05, 0.1) is 17.7 Å². The van der Waals surface area contributed by atoms with Crippen LogP contribution >= 0.6 is 0 Å². The zero-order valence-electron chi connectivity index (χ0n) is 16.4. The third-order valence-corrected chi connectivity index (χ3v) is 5.37. The Morgan fingerprint density at radius 1 is 0.793 bits per heavy atom. The molecular formula is C26H25NO2. The Kier molecular flexibility index (Phi) is 6.16. The van der Waals surface area contributed by atoms with E-state index in [1.54, 1.807) is 0 Å². The number of esters is 1. The van der Waals surface area contributed by atoms with Crippen molar-refractivity contribution >= 4 is 11.7 Å². The van der Waals surface area contributed by atoms with E-state index in [1.807, 2.05) is 66.7 Å². The number of ether oxygens (including phenoxy) is 1. The van der Waals surface area contributed by atoms with E-state index in [0.717, 1.165) is 41.7 Å². The highest BCUT2D eigenvalue weighted by Gasteiger charge is 2.31. The van der Waals surface area contributed by atoms with Crippen LogP contribution in [-0.2, 0) is 16.1 Å². The first kappa shape index (κ1) is 19.1. The van der Waals surface area contributed by atoms with Crippen LogP contribution in [0.15, 0.2) is 96.0 Å². The first-order valence-corrected chi connectivity index (χ1v) is 10.2. The number of hydrogen-bond acceptors (Lipinski definition) is 3. The summed E-state index contributed by atoms with van der Waals surface area (Å²) in [6.07, 6.45) is 2.49. The van der Waals surface area contributed by atoms with E-state index in [0.29, 0.717) is 6.61 Å². The Bertz CT molecular complexity index is 910. The molecule has 0 saturated heterocycles. The number of hydrogen-bond donors (Lipinski definition) is 0. The molecule has 0 N–H and O–H groups in total. The molecule has 1 fully saturated rings. The molecule has 4 rings (SSSR count). The van der Waals surface area contributed by atoms with Crippen molar-refractivity contribution in [3.63, 3.8) is 0 Å². The predicted octanol–water partition coefficient (Wildman–Crippen LogP) is 5.44. The average molecular weight is 383 g/mol. The average Bonchev–Trinajstić information content (AvgIpc) is 3.27. The summed E-state index contributed by atoms with van der Waals surface area (Å²) in [4.78, 5) is 17.6. The van der Waals surface area contributed by atoms with E-state index in [1.165, 1.54) is 0 Å². The Labute approximate surface area is 172 Å². The lowest BCUT2D eigenvalue weighted by atomic mass is 10.0. The van der Waals surface area contributed by atoms with E-state index in [4.69, 9.17) is 9.73 Å². The van der Waals surface area contributed by atoms with Crippen molar-refractivity contribution in [3.05, 3.63) is 108 Å². The van der Waals surface area contributed by atoms with Crippen molar-refractivity contribution in [2.24, 2.45) is 10.9 Å². The lowest BCUT2D eigenvalue weighted by Crippen LogP contribution is -2.16. The minimum absolute atomic E-state index is 0.0692. The van der Waals surface area contributed by atoms with Gasteiger partial charge in [0.15, 0.2) is 0 Å². The molecule has 0 bridgehead atoms. The molecule has 0 radical (unpaired) electrons. The second-order valence-corrected chi connectivity index (χ2v) is 7.47. The highest BCUT2D eigenvalue weighted by atomic mass is 16.5. The van der Waals surface area contributed by atoms with Crippen molar-refractivity contribution < 1.29 is 9.53 Å². The molecule has 1 unspecified atom stereocenters. The van der Waals surface area contributed by atoms with Gasteiger partial charge in [0.2, 0.25) is 0 Å². The van der Waals surface area contributed by atoms with Gasteiger partial charge in [0.25, 0.3) is 0 Å². The van der Waals surface area contributed by atoms with Gasteiger partial charge < -0.3 is 4.74 Å². The van der Waals surface area contributed by atoms with Crippen LogP contribution in [0.3, 0.4) is 0 Å². The highest BCUT2D eigenvalue weighted by Crippen LogP contribution is 2.30. The first-order valence-electron chi connectivity index (χ1n) is 10.2. The number of carbonyl (C=O) groups is 1. The fraction of sp³-hybridized carbons (Fsp3) is 0.231. The molecule has 0 amide bonds. The maximum absolute atomic E-state index is 12.5. The Morgan fingerprint density at radius 2 is 1.34 bits per heavy atom. The molecule has 146 valence electrons. The van der Waals surface area contributed by atoms with Crippen molar-refractivity contribution in [2.45, 2.75) is 31.9 Å². The standard InChI is InChI=1S/C26H25NO2/c28-26(29-19-20-10-4-1-5-11-20)23-16-17-24(18-23)27-25(21-12-6-2-7-13-21)22-14-8-3-9-15-22/h1-15,23-24H,16-19H2/t23?,24-/m1/s1. The monoisotopic (exact) mass is 383 g/mol. The van der Waals surface area contributed by atoms with Crippen LogP contribution in [0, 0.1) is 5.92 Å².